The van der Waals surface area contributed by atoms with Crippen LogP contribution in [0.4, 0.5) is 0 Å². The molecule has 0 radical (unpaired) electrons. The molecule has 0 saturated carbocycles. The van der Waals surface area contributed by atoms with E-state index in [0.717, 1.165) is 43.9 Å². The number of nitrogens with zero attached hydrogens (tertiary/aromatic N) is 1. The minimum Gasteiger partial charge on any atom is -0.494 e. The van der Waals surface area contributed by atoms with E-state index >= 15 is 0 Å². The van der Waals surface area contributed by atoms with Gasteiger partial charge in [0.25, 0.3) is 0 Å². The van der Waals surface area contributed by atoms with Crippen molar-refractivity contribution in [1.82, 2.24) is 0 Å². The maximum Gasteiger partial charge on any atom is 0.119 e. The molecule has 23 heavy (non-hydrogen) atoms. The topological polar surface area (TPSA) is 30.8 Å². The predicted octanol–water partition coefficient (Wildman–Crippen LogP) is 5.03. The second-order valence-electron chi connectivity index (χ2n) is 5.62. The number of hydrogen-bond donors (Lipinski definition) is 0. The molecule has 1 aliphatic rings. The molecule has 0 unspecified atom stereocenters. The van der Waals surface area contributed by atoms with Crippen molar-refractivity contribution in [3.05, 3.63) is 47.7 Å². The van der Waals surface area contributed by atoms with Gasteiger partial charge in [0.15, 0.2) is 0 Å². The fraction of sp³-hybridized carbons (Fsp3) is 0.450. The Labute approximate surface area is 139 Å². The summed E-state index contributed by atoms with van der Waals surface area (Å²) in [6, 6.07) is 8.26. The van der Waals surface area contributed by atoms with Gasteiger partial charge >= 0.3 is 0 Å². The molecule has 0 aromatic heterocycles. The minimum absolute atomic E-state index is 0.688. The molecule has 1 aromatic rings. The molecule has 0 saturated heterocycles. The van der Waals surface area contributed by atoms with E-state index in [9.17, 15) is 0 Å². The van der Waals surface area contributed by atoms with Crippen molar-refractivity contribution >= 4 is 11.8 Å². The molecule has 1 aromatic carbocycles. The zero-order chi connectivity index (χ0) is 16.3. The lowest BCUT2D eigenvalue weighted by molar-refractivity contribution is 0.131. The lowest BCUT2D eigenvalue weighted by Crippen LogP contribution is -2.02. The summed E-state index contributed by atoms with van der Waals surface area (Å²) in [5.74, 6) is 0.905. The third kappa shape index (κ3) is 6.41. The van der Waals surface area contributed by atoms with Crippen LogP contribution in [0, 0.1) is 0 Å². The molecule has 0 fully saturated rings. The Morgan fingerprint density at radius 2 is 1.83 bits per heavy atom. The first-order valence-electron chi connectivity index (χ1n) is 8.51. The highest BCUT2D eigenvalue weighted by atomic mass is 16.5. The molecule has 3 heteroatoms. The lowest BCUT2D eigenvalue weighted by Gasteiger charge is -2.08. The van der Waals surface area contributed by atoms with E-state index in [0.29, 0.717) is 6.61 Å². The van der Waals surface area contributed by atoms with E-state index in [-0.39, 0.29) is 0 Å². The van der Waals surface area contributed by atoms with Gasteiger partial charge in [-0.1, -0.05) is 24.3 Å². The highest BCUT2D eigenvalue weighted by Gasteiger charge is 2.02. The van der Waals surface area contributed by atoms with Crippen LogP contribution < -0.4 is 4.74 Å². The molecule has 0 N–H and O–H groups in total. The van der Waals surface area contributed by atoms with Crippen molar-refractivity contribution in [2.45, 2.75) is 39.5 Å². The molecule has 0 bridgehead atoms. The van der Waals surface area contributed by atoms with Gasteiger partial charge in [-0.3, -0.25) is 4.99 Å². The van der Waals surface area contributed by atoms with E-state index in [2.05, 4.69) is 36.2 Å². The second-order valence-corrected chi connectivity index (χ2v) is 5.62. The summed E-state index contributed by atoms with van der Waals surface area (Å²) in [4.78, 5) is 4.52. The van der Waals surface area contributed by atoms with Crippen molar-refractivity contribution in [3.63, 3.8) is 0 Å². The molecule has 0 atom stereocenters. The molecule has 1 aliphatic heterocycles. The Hall–Kier alpha value is -1.87. The van der Waals surface area contributed by atoms with E-state index in [1.165, 1.54) is 17.6 Å². The second kappa shape index (κ2) is 10.0. The van der Waals surface area contributed by atoms with Gasteiger partial charge in [-0.15, -0.1) is 0 Å². The van der Waals surface area contributed by atoms with Crippen molar-refractivity contribution in [2.75, 3.05) is 19.8 Å². The summed E-state index contributed by atoms with van der Waals surface area (Å²) in [6.45, 7) is 6.27. The van der Waals surface area contributed by atoms with Gasteiger partial charge in [-0.25, -0.2) is 0 Å². The standard InChI is InChI=1S/C20H27NO2/c1-3-22-14-7-15-23-20-12-10-18(11-13-20)19-9-6-4-5-8-17(2)21-16-19/h8-13,16H,3-7,14-15H2,1-2H3/b17-8+,19-9?,21-16?. The summed E-state index contributed by atoms with van der Waals surface area (Å²) in [7, 11) is 0. The van der Waals surface area contributed by atoms with Gasteiger partial charge in [0.1, 0.15) is 5.75 Å². The van der Waals surface area contributed by atoms with Crippen LogP contribution in [0.5, 0.6) is 5.75 Å². The fourth-order valence-electron chi connectivity index (χ4n) is 2.39. The first-order valence-corrected chi connectivity index (χ1v) is 8.51. The monoisotopic (exact) mass is 313 g/mol. The number of benzene rings is 1. The zero-order valence-corrected chi connectivity index (χ0v) is 14.3. The number of hydrogen-bond acceptors (Lipinski definition) is 3. The Morgan fingerprint density at radius 1 is 1.04 bits per heavy atom. The number of rotatable bonds is 7. The molecule has 0 amide bonds. The Morgan fingerprint density at radius 3 is 2.61 bits per heavy atom. The van der Waals surface area contributed by atoms with Crippen LogP contribution in [0.3, 0.4) is 0 Å². The van der Waals surface area contributed by atoms with Crippen molar-refractivity contribution in [2.24, 2.45) is 4.99 Å². The van der Waals surface area contributed by atoms with Crippen molar-refractivity contribution < 1.29 is 9.47 Å². The molecule has 1 heterocycles. The third-order valence-electron chi connectivity index (χ3n) is 3.71. The summed E-state index contributed by atoms with van der Waals surface area (Å²) < 4.78 is 11.0. The van der Waals surface area contributed by atoms with Gasteiger partial charge in [0.05, 0.1) is 6.61 Å². The molecule has 2 rings (SSSR count). The molecule has 0 spiro atoms. The first-order chi connectivity index (χ1) is 11.3. The van der Waals surface area contributed by atoms with Crippen LogP contribution in [-0.4, -0.2) is 26.0 Å². The predicted molar refractivity (Wildman–Crippen MR) is 97.1 cm³/mol. The summed E-state index contributed by atoms with van der Waals surface area (Å²) >= 11 is 0. The van der Waals surface area contributed by atoms with E-state index < -0.39 is 0 Å². The molecule has 3 nitrogen and oxygen atoms in total. The first kappa shape index (κ1) is 17.5. The summed E-state index contributed by atoms with van der Waals surface area (Å²) in [5, 5.41) is 0. The smallest absolute Gasteiger partial charge is 0.119 e. The van der Waals surface area contributed by atoms with Crippen LogP contribution in [0.25, 0.3) is 5.57 Å². The Balaban J connectivity index is 1.94. The van der Waals surface area contributed by atoms with Crippen molar-refractivity contribution in [1.29, 1.82) is 0 Å². The van der Waals surface area contributed by atoms with Gasteiger partial charge in [0.2, 0.25) is 0 Å². The highest BCUT2D eigenvalue weighted by molar-refractivity contribution is 6.10. The van der Waals surface area contributed by atoms with Gasteiger partial charge in [-0.05, 0) is 56.4 Å². The molecule has 0 aliphatic carbocycles. The average molecular weight is 313 g/mol. The Kier molecular flexibility index (Phi) is 7.61. The van der Waals surface area contributed by atoms with Gasteiger partial charge in [-0.2, -0.15) is 0 Å². The largest absolute Gasteiger partial charge is 0.494 e. The van der Waals surface area contributed by atoms with Crippen LogP contribution in [0.15, 0.2) is 47.1 Å². The molecular weight excluding hydrogens is 286 g/mol. The van der Waals surface area contributed by atoms with Crippen LogP contribution >= 0.6 is 0 Å². The van der Waals surface area contributed by atoms with E-state index in [1.54, 1.807) is 0 Å². The SMILES string of the molecule is CCOCCCOc1ccc(C2=CCCC/C=C(\C)N=C2)cc1. The normalized spacial score (nSPS) is 17.5. The van der Waals surface area contributed by atoms with E-state index in [1.807, 2.05) is 25.3 Å². The lowest BCUT2D eigenvalue weighted by atomic mass is 10.0. The summed E-state index contributed by atoms with van der Waals surface area (Å²) in [5.41, 5.74) is 3.46. The van der Waals surface area contributed by atoms with Crippen LogP contribution in [0.1, 0.15) is 45.1 Å². The van der Waals surface area contributed by atoms with Gasteiger partial charge < -0.3 is 9.47 Å². The number of allylic oxidation sites excluding steroid dienone is 4. The maximum atomic E-state index is 5.73. The van der Waals surface area contributed by atoms with E-state index in [4.69, 9.17) is 9.47 Å². The third-order valence-corrected chi connectivity index (χ3v) is 3.71. The number of aliphatic imine (C=N–C) groups is 1. The summed E-state index contributed by atoms with van der Waals surface area (Å²) in [6.07, 6.45) is 10.7. The van der Waals surface area contributed by atoms with Crippen LogP contribution in [-0.2, 0) is 4.74 Å². The Bertz CT molecular complexity index is 556. The fourth-order valence-corrected chi connectivity index (χ4v) is 2.39. The van der Waals surface area contributed by atoms with Crippen LogP contribution in [0.2, 0.25) is 0 Å². The minimum atomic E-state index is 0.688. The zero-order valence-electron chi connectivity index (χ0n) is 14.3. The average Bonchev–Trinajstić information content (AvgIpc) is 2.68. The number of ether oxygens (including phenoxy) is 2. The molecule has 124 valence electrons. The highest BCUT2D eigenvalue weighted by Crippen LogP contribution is 2.20. The maximum absolute atomic E-state index is 5.73. The van der Waals surface area contributed by atoms with Crippen molar-refractivity contribution in [3.8, 4) is 5.75 Å². The molecular formula is C20H27NO2. The quantitative estimate of drug-likeness (QED) is 0.661. The van der Waals surface area contributed by atoms with Gasteiger partial charge in [0, 0.05) is 31.5 Å².